The average molecular weight is 421 g/mol. The second-order valence-electron chi connectivity index (χ2n) is 7.85. The van der Waals surface area contributed by atoms with Gasteiger partial charge in [0.25, 0.3) is 11.8 Å². The van der Waals surface area contributed by atoms with E-state index in [9.17, 15) is 9.59 Å². The SMILES string of the molecule is CN1C(=O)C(NC(=O)c2nc3n(n2)C(c2cnn(C)c2)CCC3)COc2ccccc21. The van der Waals surface area contributed by atoms with Crippen molar-refractivity contribution in [2.75, 3.05) is 18.6 Å². The minimum atomic E-state index is -0.834. The molecule has 1 aromatic carbocycles. The topological polar surface area (TPSA) is 107 Å². The van der Waals surface area contributed by atoms with Crippen molar-refractivity contribution in [1.29, 1.82) is 0 Å². The predicted octanol–water partition coefficient (Wildman–Crippen LogP) is 1.09. The first kappa shape index (κ1) is 19.3. The Morgan fingerprint density at radius 1 is 1.26 bits per heavy atom. The number of hydrogen-bond donors (Lipinski definition) is 1. The lowest BCUT2D eigenvalue weighted by atomic mass is 10.0. The fraction of sp³-hybridized carbons (Fsp3) is 0.381. The molecule has 0 fully saturated rings. The first-order valence-corrected chi connectivity index (χ1v) is 10.3. The summed E-state index contributed by atoms with van der Waals surface area (Å²) < 4.78 is 9.32. The van der Waals surface area contributed by atoms with Crippen LogP contribution in [0.15, 0.2) is 36.7 Å². The molecule has 31 heavy (non-hydrogen) atoms. The van der Waals surface area contributed by atoms with Crippen molar-refractivity contribution in [1.82, 2.24) is 29.9 Å². The number of carbonyl (C=O) groups is 2. The lowest BCUT2D eigenvalue weighted by Crippen LogP contribution is -2.49. The first-order chi connectivity index (χ1) is 15.0. The molecule has 2 amide bonds. The smallest absolute Gasteiger partial charge is 0.291 e. The lowest BCUT2D eigenvalue weighted by molar-refractivity contribution is -0.120. The van der Waals surface area contributed by atoms with E-state index in [1.807, 2.05) is 36.3 Å². The lowest BCUT2D eigenvalue weighted by Gasteiger charge is -2.22. The normalized spacial score (nSPS) is 20.5. The standard InChI is InChI=1S/C21H23N7O3/c1-26-11-13(10-22-26)15-7-5-9-18-24-19(25-28(15)18)20(29)23-14-12-31-17-8-4-3-6-16(17)27(2)21(14)30/h3-4,6,8,10-11,14-15H,5,7,9,12H2,1-2H3,(H,23,29). The van der Waals surface area contributed by atoms with E-state index in [1.165, 1.54) is 4.90 Å². The number of nitrogens with zero attached hydrogens (tertiary/aromatic N) is 6. The minimum absolute atomic E-state index is 0.00465. The highest BCUT2D eigenvalue weighted by atomic mass is 16.5. The van der Waals surface area contributed by atoms with Crippen LogP contribution in [0.1, 0.15) is 40.9 Å². The van der Waals surface area contributed by atoms with E-state index in [4.69, 9.17) is 4.74 Å². The van der Waals surface area contributed by atoms with Gasteiger partial charge in [0.1, 0.15) is 24.2 Å². The van der Waals surface area contributed by atoms with Gasteiger partial charge in [0.15, 0.2) is 0 Å². The van der Waals surface area contributed by atoms with Crippen LogP contribution in [0, 0.1) is 0 Å². The zero-order chi connectivity index (χ0) is 21.5. The number of ether oxygens (including phenoxy) is 1. The van der Waals surface area contributed by atoms with Gasteiger partial charge in [-0.25, -0.2) is 9.67 Å². The number of nitrogens with one attached hydrogen (secondary N) is 1. The Bertz CT molecular complexity index is 1150. The highest BCUT2D eigenvalue weighted by Crippen LogP contribution is 2.31. The molecule has 4 heterocycles. The molecule has 0 spiro atoms. The summed E-state index contributed by atoms with van der Waals surface area (Å²) in [5.41, 5.74) is 1.70. The fourth-order valence-electron chi connectivity index (χ4n) is 4.15. The van der Waals surface area contributed by atoms with Gasteiger partial charge in [0.2, 0.25) is 5.82 Å². The van der Waals surface area contributed by atoms with E-state index < -0.39 is 11.9 Å². The average Bonchev–Trinajstić information content (AvgIpc) is 3.39. The molecule has 0 radical (unpaired) electrons. The Morgan fingerprint density at radius 2 is 2.10 bits per heavy atom. The quantitative estimate of drug-likeness (QED) is 0.679. The van der Waals surface area contributed by atoms with E-state index in [0.717, 1.165) is 30.7 Å². The summed E-state index contributed by atoms with van der Waals surface area (Å²) in [6.07, 6.45) is 6.38. The molecule has 0 aliphatic carbocycles. The maximum atomic E-state index is 12.9. The number of carbonyl (C=O) groups excluding carboxylic acids is 2. The summed E-state index contributed by atoms with van der Waals surface area (Å²) in [6, 6.07) is 6.44. The number of anilines is 1. The van der Waals surface area contributed by atoms with Gasteiger partial charge in [-0.3, -0.25) is 14.3 Å². The third kappa shape index (κ3) is 3.43. The number of benzene rings is 1. The number of para-hydroxylation sites is 2. The molecule has 0 saturated heterocycles. The van der Waals surface area contributed by atoms with E-state index >= 15 is 0 Å². The van der Waals surface area contributed by atoms with Crippen LogP contribution in [0.4, 0.5) is 5.69 Å². The molecule has 2 unspecified atom stereocenters. The summed E-state index contributed by atoms with van der Waals surface area (Å²) in [4.78, 5) is 31.8. The molecular weight excluding hydrogens is 398 g/mol. The van der Waals surface area contributed by atoms with Crippen molar-refractivity contribution in [2.45, 2.75) is 31.3 Å². The summed E-state index contributed by atoms with van der Waals surface area (Å²) in [7, 11) is 3.54. The van der Waals surface area contributed by atoms with E-state index in [1.54, 1.807) is 23.9 Å². The Kier molecular flexibility index (Phi) is 4.68. The van der Waals surface area contributed by atoms with Crippen molar-refractivity contribution >= 4 is 17.5 Å². The number of amides is 2. The van der Waals surface area contributed by atoms with Crippen LogP contribution in [0.5, 0.6) is 5.75 Å². The molecule has 2 aliphatic rings. The van der Waals surface area contributed by atoms with E-state index in [2.05, 4.69) is 20.5 Å². The van der Waals surface area contributed by atoms with Crippen molar-refractivity contribution in [3.8, 4) is 5.75 Å². The molecular formula is C21H23N7O3. The van der Waals surface area contributed by atoms with Crippen LogP contribution in [-0.4, -0.2) is 56.1 Å². The highest BCUT2D eigenvalue weighted by Gasteiger charge is 2.33. The Hall–Kier alpha value is -3.69. The Labute approximate surface area is 178 Å². The van der Waals surface area contributed by atoms with Gasteiger partial charge in [0, 0.05) is 32.3 Å². The zero-order valence-electron chi connectivity index (χ0n) is 17.4. The van der Waals surface area contributed by atoms with Gasteiger partial charge < -0.3 is 15.0 Å². The zero-order valence-corrected chi connectivity index (χ0v) is 17.4. The molecule has 2 aromatic heterocycles. The number of likely N-dealkylation sites (N-methyl/N-ethyl adjacent to an activating group) is 1. The second kappa shape index (κ2) is 7.53. The van der Waals surface area contributed by atoms with Crippen LogP contribution in [0.3, 0.4) is 0 Å². The molecule has 1 N–H and O–H groups in total. The van der Waals surface area contributed by atoms with Crippen molar-refractivity contribution in [3.05, 3.63) is 53.9 Å². The summed E-state index contributed by atoms with van der Waals surface area (Å²) in [5, 5.41) is 11.5. The molecule has 10 nitrogen and oxygen atoms in total. The van der Waals surface area contributed by atoms with Crippen LogP contribution >= 0.6 is 0 Å². The molecule has 0 saturated carbocycles. The third-order valence-electron chi connectivity index (χ3n) is 5.75. The van der Waals surface area contributed by atoms with Crippen LogP contribution in [0.25, 0.3) is 0 Å². The largest absolute Gasteiger partial charge is 0.489 e. The summed E-state index contributed by atoms with van der Waals surface area (Å²) >= 11 is 0. The maximum absolute atomic E-state index is 12.9. The van der Waals surface area contributed by atoms with E-state index in [0.29, 0.717) is 11.4 Å². The second-order valence-corrected chi connectivity index (χ2v) is 7.85. The van der Waals surface area contributed by atoms with Gasteiger partial charge in [-0.2, -0.15) is 5.10 Å². The first-order valence-electron chi connectivity index (χ1n) is 10.3. The number of rotatable bonds is 3. The summed E-state index contributed by atoms with van der Waals surface area (Å²) in [6.45, 7) is 0.0395. The van der Waals surface area contributed by atoms with Crippen LogP contribution in [0.2, 0.25) is 0 Å². The van der Waals surface area contributed by atoms with Gasteiger partial charge in [-0.1, -0.05) is 12.1 Å². The molecule has 2 atom stereocenters. The van der Waals surface area contributed by atoms with Crippen molar-refractivity contribution < 1.29 is 14.3 Å². The molecule has 0 bridgehead atoms. The fourth-order valence-corrected chi connectivity index (χ4v) is 4.15. The minimum Gasteiger partial charge on any atom is -0.489 e. The molecule has 160 valence electrons. The van der Waals surface area contributed by atoms with Crippen molar-refractivity contribution in [2.24, 2.45) is 7.05 Å². The van der Waals surface area contributed by atoms with Gasteiger partial charge >= 0.3 is 0 Å². The molecule has 3 aromatic rings. The van der Waals surface area contributed by atoms with Gasteiger partial charge in [-0.05, 0) is 25.0 Å². The van der Waals surface area contributed by atoms with Gasteiger partial charge in [-0.15, -0.1) is 5.10 Å². The van der Waals surface area contributed by atoms with Crippen LogP contribution in [-0.2, 0) is 18.3 Å². The Balaban J connectivity index is 1.36. The molecule has 2 aliphatic heterocycles. The molecule has 5 rings (SSSR count). The predicted molar refractivity (Wildman–Crippen MR) is 111 cm³/mol. The number of fused-ring (bicyclic) bond motifs is 2. The van der Waals surface area contributed by atoms with Crippen LogP contribution < -0.4 is 15.0 Å². The van der Waals surface area contributed by atoms with E-state index in [-0.39, 0.29) is 24.4 Å². The maximum Gasteiger partial charge on any atom is 0.291 e. The highest BCUT2D eigenvalue weighted by molar-refractivity contribution is 6.02. The van der Waals surface area contributed by atoms with Crippen molar-refractivity contribution in [3.63, 3.8) is 0 Å². The Morgan fingerprint density at radius 3 is 2.90 bits per heavy atom. The monoisotopic (exact) mass is 421 g/mol. The number of aryl methyl sites for hydroxylation is 2. The number of aromatic nitrogens is 5. The number of hydrogen-bond acceptors (Lipinski definition) is 6. The van der Waals surface area contributed by atoms with Gasteiger partial charge in [0.05, 0.1) is 17.9 Å². The third-order valence-corrected chi connectivity index (χ3v) is 5.75. The summed E-state index contributed by atoms with van der Waals surface area (Å²) in [5.74, 6) is 0.676. The molecule has 10 heteroatoms.